The van der Waals surface area contributed by atoms with Crippen LogP contribution in [0.3, 0.4) is 0 Å². The number of rotatable bonds is 5. The molecule has 1 heteroatoms. The van der Waals surface area contributed by atoms with Crippen molar-refractivity contribution < 1.29 is 0 Å². The van der Waals surface area contributed by atoms with Crippen LogP contribution in [0.25, 0.3) is 65.3 Å². The SMILES string of the molecule is c1ccc(-c2cccc(N(c3ccc(-c4cccc5ccccc45)cc3)c3ccc4c(ccc5ccc6ccccc6c54)c3)c2)cc1. The highest BCUT2D eigenvalue weighted by molar-refractivity contribution is 6.20. The van der Waals surface area contributed by atoms with Gasteiger partial charge in [-0.3, -0.25) is 0 Å². The van der Waals surface area contributed by atoms with Crippen molar-refractivity contribution in [3.8, 4) is 22.3 Å². The van der Waals surface area contributed by atoms with Crippen molar-refractivity contribution in [3.05, 3.63) is 188 Å². The Morgan fingerprint density at radius 3 is 1.68 bits per heavy atom. The minimum absolute atomic E-state index is 1.12. The van der Waals surface area contributed by atoms with Crippen LogP contribution in [0.15, 0.2) is 188 Å². The van der Waals surface area contributed by atoms with Crippen LogP contribution in [0.1, 0.15) is 0 Å². The lowest BCUT2D eigenvalue weighted by Gasteiger charge is -2.27. The summed E-state index contributed by atoms with van der Waals surface area (Å²) < 4.78 is 0. The maximum Gasteiger partial charge on any atom is 0.0468 e. The molecule has 0 saturated carbocycles. The molecule has 0 saturated heterocycles. The van der Waals surface area contributed by atoms with Crippen molar-refractivity contribution in [3.63, 3.8) is 0 Å². The second-order valence-electron chi connectivity index (χ2n) is 12.2. The quantitative estimate of drug-likeness (QED) is 0.178. The number of fused-ring (bicyclic) bond motifs is 6. The number of benzene rings is 9. The summed E-state index contributed by atoms with van der Waals surface area (Å²) in [5.41, 5.74) is 8.22. The lowest BCUT2D eigenvalue weighted by atomic mass is 9.96. The van der Waals surface area contributed by atoms with Crippen molar-refractivity contribution >= 4 is 60.2 Å². The van der Waals surface area contributed by atoms with E-state index in [0.717, 1.165) is 17.1 Å². The molecule has 0 aliphatic carbocycles. The predicted molar refractivity (Wildman–Crippen MR) is 202 cm³/mol. The van der Waals surface area contributed by atoms with Crippen LogP contribution in [0.5, 0.6) is 0 Å². The van der Waals surface area contributed by atoms with E-state index in [-0.39, 0.29) is 0 Å². The summed E-state index contributed by atoms with van der Waals surface area (Å²) in [6.07, 6.45) is 0. The first-order valence-electron chi connectivity index (χ1n) is 16.2. The van der Waals surface area contributed by atoms with Crippen LogP contribution < -0.4 is 4.90 Å². The first-order valence-corrected chi connectivity index (χ1v) is 16.2. The van der Waals surface area contributed by atoms with Gasteiger partial charge in [0.15, 0.2) is 0 Å². The largest absolute Gasteiger partial charge is 0.310 e. The maximum absolute atomic E-state index is 2.38. The molecule has 0 atom stereocenters. The molecule has 0 N–H and O–H groups in total. The third-order valence-corrected chi connectivity index (χ3v) is 9.40. The fourth-order valence-electron chi connectivity index (χ4n) is 7.13. The molecule has 0 fully saturated rings. The van der Waals surface area contributed by atoms with Gasteiger partial charge >= 0.3 is 0 Å². The van der Waals surface area contributed by atoms with Gasteiger partial charge < -0.3 is 4.90 Å². The van der Waals surface area contributed by atoms with Gasteiger partial charge in [0.2, 0.25) is 0 Å². The molecule has 0 aliphatic heterocycles. The third kappa shape index (κ3) is 4.81. The molecule has 0 spiro atoms. The lowest BCUT2D eigenvalue weighted by Crippen LogP contribution is -2.10. The maximum atomic E-state index is 2.38. The molecule has 0 radical (unpaired) electrons. The van der Waals surface area contributed by atoms with Gasteiger partial charge in [0.05, 0.1) is 0 Å². The molecule has 0 amide bonds. The monoisotopic (exact) mass is 597 g/mol. The molecular weight excluding hydrogens is 567 g/mol. The van der Waals surface area contributed by atoms with Crippen molar-refractivity contribution in [2.45, 2.75) is 0 Å². The zero-order chi connectivity index (χ0) is 31.2. The minimum Gasteiger partial charge on any atom is -0.310 e. The average molecular weight is 598 g/mol. The Morgan fingerprint density at radius 1 is 0.277 bits per heavy atom. The highest BCUT2D eigenvalue weighted by atomic mass is 15.1. The van der Waals surface area contributed by atoms with E-state index in [1.54, 1.807) is 0 Å². The fourth-order valence-corrected chi connectivity index (χ4v) is 7.13. The van der Waals surface area contributed by atoms with Crippen LogP contribution in [0, 0.1) is 0 Å². The van der Waals surface area contributed by atoms with Crippen molar-refractivity contribution in [1.29, 1.82) is 0 Å². The van der Waals surface area contributed by atoms with E-state index < -0.39 is 0 Å². The molecule has 9 rings (SSSR count). The summed E-state index contributed by atoms with van der Waals surface area (Å²) in [4.78, 5) is 2.38. The van der Waals surface area contributed by atoms with E-state index in [4.69, 9.17) is 0 Å². The highest BCUT2D eigenvalue weighted by Gasteiger charge is 2.16. The van der Waals surface area contributed by atoms with Crippen LogP contribution in [0.4, 0.5) is 17.1 Å². The Hall–Kier alpha value is -6.18. The van der Waals surface area contributed by atoms with Gasteiger partial charge in [-0.15, -0.1) is 0 Å². The molecule has 0 aliphatic rings. The molecule has 220 valence electrons. The average Bonchev–Trinajstić information content (AvgIpc) is 3.15. The first kappa shape index (κ1) is 27.2. The summed E-state index contributed by atoms with van der Waals surface area (Å²) in [6, 6.07) is 68.3. The Morgan fingerprint density at radius 2 is 0.851 bits per heavy atom. The molecule has 1 nitrogen and oxygen atoms in total. The minimum atomic E-state index is 1.12. The zero-order valence-electron chi connectivity index (χ0n) is 25.8. The van der Waals surface area contributed by atoms with E-state index in [0.29, 0.717) is 0 Å². The summed E-state index contributed by atoms with van der Waals surface area (Å²) in [6.45, 7) is 0. The standard InChI is InChI=1S/C46H31N/c1-2-10-32(11-3-1)37-15-8-16-40(30-37)47(39-26-24-35(25-27-39)43-19-9-14-33-12-4-6-17-42(33)43)41-28-29-45-38(31-41)23-22-36-21-20-34-13-5-7-18-44(34)46(36)45/h1-31H. The summed E-state index contributed by atoms with van der Waals surface area (Å²) in [5.74, 6) is 0. The lowest BCUT2D eigenvalue weighted by molar-refractivity contribution is 1.29. The summed E-state index contributed by atoms with van der Waals surface area (Å²) >= 11 is 0. The van der Waals surface area contributed by atoms with Crippen LogP contribution in [0.2, 0.25) is 0 Å². The second kappa shape index (κ2) is 11.3. The van der Waals surface area contributed by atoms with Crippen LogP contribution in [-0.4, -0.2) is 0 Å². The zero-order valence-corrected chi connectivity index (χ0v) is 25.8. The van der Waals surface area contributed by atoms with Crippen molar-refractivity contribution in [1.82, 2.24) is 0 Å². The number of anilines is 3. The molecule has 9 aromatic carbocycles. The summed E-state index contributed by atoms with van der Waals surface area (Å²) in [5, 5.41) is 10.1. The Bertz CT molecular complexity index is 2560. The van der Waals surface area contributed by atoms with E-state index in [9.17, 15) is 0 Å². The van der Waals surface area contributed by atoms with E-state index in [1.807, 2.05) is 0 Å². The molecule has 47 heavy (non-hydrogen) atoms. The summed E-state index contributed by atoms with van der Waals surface area (Å²) in [7, 11) is 0. The third-order valence-electron chi connectivity index (χ3n) is 9.40. The second-order valence-corrected chi connectivity index (χ2v) is 12.2. The molecular formula is C46H31N. The topological polar surface area (TPSA) is 3.24 Å². The molecule has 0 unspecified atom stereocenters. The van der Waals surface area contributed by atoms with E-state index in [1.165, 1.54) is 65.3 Å². The van der Waals surface area contributed by atoms with Gasteiger partial charge in [-0.25, -0.2) is 0 Å². The van der Waals surface area contributed by atoms with Crippen molar-refractivity contribution in [2.24, 2.45) is 0 Å². The van der Waals surface area contributed by atoms with Gasteiger partial charge in [-0.05, 0) is 102 Å². The van der Waals surface area contributed by atoms with Gasteiger partial charge in [0, 0.05) is 17.1 Å². The van der Waals surface area contributed by atoms with E-state index >= 15 is 0 Å². The van der Waals surface area contributed by atoms with Gasteiger partial charge in [-0.2, -0.15) is 0 Å². The van der Waals surface area contributed by atoms with E-state index in [2.05, 4.69) is 193 Å². The fraction of sp³-hybridized carbons (Fsp3) is 0. The number of nitrogens with zero attached hydrogens (tertiary/aromatic N) is 1. The number of hydrogen-bond donors (Lipinski definition) is 0. The van der Waals surface area contributed by atoms with Gasteiger partial charge in [0.25, 0.3) is 0 Å². The highest BCUT2D eigenvalue weighted by Crippen LogP contribution is 2.41. The molecule has 0 heterocycles. The van der Waals surface area contributed by atoms with Crippen molar-refractivity contribution in [2.75, 3.05) is 4.90 Å². The first-order chi connectivity index (χ1) is 23.3. The molecule has 9 aromatic rings. The molecule has 0 aromatic heterocycles. The Kier molecular flexibility index (Phi) is 6.54. The number of hydrogen-bond acceptors (Lipinski definition) is 1. The van der Waals surface area contributed by atoms with Crippen LogP contribution in [-0.2, 0) is 0 Å². The smallest absolute Gasteiger partial charge is 0.0468 e. The van der Waals surface area contributed by atoms with Gasteiger partial charge in [0.1, 0.15) is 0 Å². The Balaban J connectivity index is 1.21. The van der Waals surface area contributed by atoms with Gasteiger partial charge in [-0.1, -0.05) is 152 Å². The van der Waals surface area contributed by atoms with Crippen LogP contribution >= 0.6 is 0 Å². The predicted octanol–water partition coefficient (Wildman–Crippen LogP) is 13.1. The normalized spacial score (nSPS) is 11.4. The molecule has 0 bridgehead atoms. The Labute approximate surface area is 274 Å².